The molecule has 2 aliphatic heterocycles. The number of aromatic amines is 1. The van der Waals surface area contributed by atoms with Crippen LogP contribution in [0, 0.1) is 0 Å². The van der Waals surface area contributed by atoms with Gasteiger partial charge in [-0.3, -0.25) is 4.99 Å². The third kappa shape index (κ3) is 1.23. The van der Waals surface area contributed by atoms with E-state index in [2.05, 4.69) is 27.0 Å². The number of benzene rings is 1. The molecule has 0 fully saturated rings. The maximum absolute atomic E-state index is 5.32. The van der Waals surface area contributed by atoms with Crippen LogP contribution in [0.1, 0.15) is 17.3 Å². The summed E-state index contributed by atoms with van der Waals surface area (Å²) >= 11 is 0. The Balaban J connectivity index is 1.92. The third-order valence-corrected chi connectivity index (χ3v) is 4.01. The quantitative estimate of drug-likeness (QED) is 0.830. The fourth-order valence-corrected chi connectivity index (χ4v) is 3.08. The number of hydrogen-bond acceptors (Lipinski definition) is 3. The van der Waals surface area contributed by atoms with Gasteiger partial charge in [0.1, 0.15) is 5.75 Å². The van der Waals surface area contributed by atoms with Crippen LogP contribution in [-0.2, 0) is 6.42 Å². The van der Waals surface area contributed by atoms with Gasteiger partial charge < -0.3 is 14.6 Å². The topological polar surface area (TPSA) is 40.6 Å². The van der Waals surface area contributed by atoms with Crippen LogP contribution in [0.2, 0.25) is 0 Å². The van der Waals surface area contributed by atoms with Gasteiger partial charge in [-0.1, -0.05) is 0 Å². The molecule has 0 spiro atoms. The molecule has 0 bridgehead atoms. The van der Waals surface area contributed by atoms with Gasteiger partial charge in [-0.2, -0.15) is 0 Å². The molecule has 0 aliphatic carbocycles. The van der Waals surface area contributed by atoms with E-state index in [-0.39, 0.29) is 0 Å². The van der Waals surface area contributed by atoms with E-state index in [9.17, 15) is 0 Å². The van der Waals surface area contributed by atoms with Crippen LogP contribution in [0.25, 0.3) is 10.9 Å². The van der Waals surface area contributed by atoms with E-state index >= 15 is 0 Å². The molecule has 0 amide bonds. The Morgan fingerprint density at radius 1 is 1.44 bits per heavy atom. The van der Waals surface area contributed by atoms with Gasteiger partial charge in [0, 0.05) is 23.1 Å². The SMILES string of the molecule is COc1ccc2[nH]c3c(c2c1)CCN1C=NCC31. The second-order valence-electron chi connectivity index (χ2n) is 4.91. The van der Waals surface area contributed by atoms with Crippen molar-refractivity contribution in [3.05, 3.63) is 29.5 Å². The summed E-state index contributed by atoms with van der Waals surface area (Å²) in [7, 11) is 1.72. The van der Waals surface area contributed by atoms with E-state index in [0.29, 0.717) is 6.04 Å². The Hall–Kier alpha value is -1.97. The molecule has 3 heterocycles. The number of rotatable bonds is 1. The summed E-state index contributed by atoms with van der Waals surface area (Å²) in [4.78, 5) is 10.3. The van der Waals surface area contributed by atoms with Crippen molar-refractivity contribution in [1.82, 2.24) is 9.88 Å². The van der Waals surface area contributed by atoms with Gasteiger partial charge in [0.15, 0.2) is 0 Å². The first kappa shape index (κ1) is 10.00. The smallest absolute Gasteiger partial charge is 0.119 e. The van der Waals surface area contributed by atoms with Crippen LogP contribution in [-0.4, -0.2) is 36.4 Å². The second kappa shape index (κ2) is 3.51. The van der Waals surface area contributed by atoms with Crippen LogP contribution in [0.4, 0.5) is 0 Å². The highest BCUT2D eigenvalue weighted by Gasteiger charge is 2.31. The van der Waals surface area contributed by atoms with E-state index in [0.717, 1.165) is 25.3 Å². The number of methoxy groups -OCH3 is 1. The minimum Gasteiger partial charge on any atom is -0.497 e. The van der Waals surface area contributed by atoms with Crippen molar-refractivity contribution >= 4 is 17.2 Å². The van der Waals surface area contributed by atoms with E-state index < -0.39 is 0 Å². The van der Waals surface area contributed by atoms with Gasteiger partial charge in [0.25, 0.3) is 0 Å². The molecule has 4 nitrogen and oxygen atoms in total. The summed E-state index contributed by atoms with van der Waals surface area (Å²) < 4.78 is 5.32. The van der Waals surface area contributed by atoms with Gasteiger partial charge >= 0.3 is 0 Å². The molecule has 0 saturated carbocycles. The Labute approximate surface area is 105 Å². The lowest BCUT2D eigenvalue weighted by atomic mass is 9.98. The number of hydrogen-bond donors (Lipinski definition) is 1. The first-order valence-electron chi connectivity index (χ1n) is 6.31. The van der Waals surface area contributed by atoms with Crippen LogP contribution < -0.4 is 4.74 Å². The van der Waals surface area contributed by atoms with Crippen molar-refractivity contribution in [3.63, 3.8) is 0 Å². The summed E-state index contributed by atoms with van der Waals surface area (Å²) in [5.74, 6) is 0.925. The van der Waals surface area contributed by atoms with Gasteiger partial charge in [0.05, 0.1) is 26.0 Å². The summed E-state index contributed by atoms with van der Waals surface area (Å²) in [5.41, 5.74) is 3.98. The maximum Gasteiger partial charge on any atom is 0.119 e. The van der Waals surface area contributed by atoms with Gasteiger partial charge in [0.2, 0.25) is 0 Å². The Morgan fingerprint density at radius 3 is 3.28 bits per heavy atom. The average molecular weight is 241 g/mol. The zero-order valence-electron chi connectivity index (χ0n) is 10.3. The van der Waals surface area contributed by atoms with Crippen molar-refractivity contribution in [2.24, 2.45) is 4.99 Å². The Kier molecular flexibility index (Phi) is 1.95. The number of aromatic nitrogens is 1. The molecule has 18 heavy (non-hydrogen) atoms. The van der Waals surface area contributed by atoms with E-state index in [4.69, 9.17) is 4.74 Å². The number of nitrogens with one attached hydrogen (secondary N) is 1. The summed E-state index contributed by atoms with van der Waals surface area (Å²) in [6.45, 7) is 1.93. The predicted octanol–water partition coefficient (Wildman–Crippen LogP) is 2.12. The first-order valence-corrected chi connectivity index (χ1v) is 6.31. The van der Waals surface area contributed by atoms with Gasteiger partial charge in [-0.25, -0.2) is 0 Å². The minimum absolute atomic E-state index is 0.409. The molecule has 0 radical (unpaired) electrons. The van der Waals surface area contributed by atoms with E-state index in [1.165, 1.54) is 22.2 Å². The standard InChI is InChI=1S/C14H15N3O/c1-18-9-2-3-12-11(6-9)10-4-5-17-8-15-7-13(17)14(10)16-12/h2-3,6,8,13,16H,4-5,7H2,1H3. The molecule has 1 N–H and O–H groups in total. The lowest BCUT2D eigenvalue weighted by molar-refractivity contribution is 0.335. The number of nitrogens with zero attached hydrogens (tertiary/aromatic N) is 2. The van der Waals surface area contributed by atoms with Crippen LogP contribution in [0.3, 0.4) is 0 Å². The summed E-state index contributed by atoms with van der Waals surface area (Å²) in [6, 6.07) is 6.66. The molecule has 92 valence electrons. The zero-order chi connectivity index (χ0) is 12.1. The number of ether oxygens (including phenoxy) is 1. The Bertz CT molecular complexity index is 644. The molecule has 1 aromatic heterocycles. The van der Waals surface area contributed by atoms with E-state index in [1.54, 1.807) is 7.11 Å². The average Bonchev–Trinajstić information content (AvgIpc) is 3.01. The van der Waals surface area contributed by atoms with Crippen LogP contribution in [0.15, 0.2) is 23.2 Å². The summed E-state index contributed by atoms with van der Waals surface area (Å²) in [5, 5.41) is 1.30. The first-order chi connectivity index (χ1) is 8.86. The van der Waals surface area contributed by atoms with Crippen molar-refractivity contribution in [3.8, 4) is 5.75 Å². The highest BCUT2D eigenvalue weighted by Crippen LogP contribution is 2.36. The molecule has 4 rings (SSSR count). The van der Waals surface area contributed by atoms with Crippen molar-refractivity contribution in [1.29, 1.82) is 0 Å². The zero-order valence-corrected chi connectivity index (χ0v) is 10.3. The Morgan fingerprint density at radius 2 is 2.39 bits per heavy atom. The lowest BCUT2D eigenvalue weighted by Gasteiger charge is -2.29. The fourth-order valence-electron chi connectivity index (χ4n) is 3.08. The maximum atomic E-state index is 5.32. The fraction of sp³-hybridized carbons (Fsp3) is 0.357. The largest absolute Gasteiger partial charge is 0.497 e. The summed E-state index contributed by atoms with van der Waals surface area (Å²) in [6.07, 6.45) is 3.06. The van der Waals surface area contributed by atoms with Crippen molar-refractivity contribution in [2.75, 3.05) is 20.2 Å². The van der Waals surface area contributed by atoms with E-state index in [1.807, 2.05) is 12.4 Å². The molecule has 1 unspecified atom stereocenters. The molecule has 0 saturated heterocycles. The van der Waals surface area contributed by atoms with Crippen LogP contribution in [0.5, 0.6) is 5.75 Å². The second-order valence-corrected chi connectivity index (χ2v) is 4.91. The van der Waals surface area contributed by atoms with Gasteiger partial charge in [-0.05, 0) is 30.2 Å². The molecular formula is C14H15N3O. The highest BCUT2D eigenvalue weighted by atomic mass is 16.5. The molecule has 1 aromatic carbocycles. The lowest BCUT2D eigenvalue weighted by Crippen LogP contribution is -2.31. The highest BCUT2D eigenvalue weighted by molar-refractivity contribution is 5.87. The normalized spacial score (nSPS) is 21.2. The number of H-pyrrole nitrogens is 1. The molecule has 2 aliphatic rings. The van der Waals surface area contributed by atoms with Crippen molar-refractivity contribution in [2.45, 2.75) is 12.5 Å². The third-order valence-electron chi connectivity index (χ3n) is 4.01. The van der Waals surface area contributed by atoms with Crippen molar-refractivity contribution < 1.29 is 4.74 Å². The molecule has 4 heteroatoms. The van der Waals surface area contributed by atoms with Gasteiger partial charge in [-0.15, -0.1) is 0 Å². The molecular weight excluding hydrogens is 226 g/mol. The van der Waals surface area contributed by atoms with Crippen LogP contribution >= 0.6 is 0 Å². The number of aliphatic imine (C=N–C) groups is 1. The number of fused-ring (bicyclic) bond motifs is 5. The minimum atomic E-state index is 0.409. The molecule has 1 atom stereocenters. The molecule has 2 aromatic rings. The monoisotopic (exact) mass is 241 g/mol. The predicted molar refractivity (Wildman–Crippen MR) is 71.4 cm³/mol.